The summed E-state index contributed by atoms with van der Waals surface area (Å²) in [5, 5.41) is 13.2. The Balaban J connectivity index is 1.46. The number of nitrogens with zero attached hydrogens (tertiary/aromatic N) is 1. The second-order valence-corrected chi connectivity index (χ2v) is 8.55. The van der Waals surface area contributed by atoms with Crippen molar-refractivity contribution in [3.63, 3.8) is 0 Å². The van der Waals surface area contributed by atoms with Gasteiger partial charge in [0.25, 0.3) is 0 Å². The molecule has 1 aromatic rings. The minimum atomic E-state index is -0.516. The number of carbonyl (C=O) groups is 2. The zero-order valence-corrected chi connectivity index (χ0v) is 17.8. The highest BCUT2D eigenvalue weighted by molar-refractivity contribution is 5.76. The van der Waals surface area contributed by atoms with Crippen LogP contribution in [0.1, 0.15) is 50.7 Å². The first-order valence-corrected chi connectivity index (χ1v) is 10.8. The van der Waals surface area contributed by atoms with Crippen molar-refractivity contribution in [2.24, 2.45) is 11.8 Å². The Morgan fingerprint density at radius 2 is 1.97 bits per heavy atom. The molecule has 1 saturated carbocycles. The largest absolute Gasteiger partial charge is 0.494 e. The van der Waals surface area contributed by atoms with Gasteiger partial charge in [-0.25, -0.2) is 0 Å². The molecule has 1 aliphatic carbocycles. The first-order valence-electron chi connectivity index (χ1n) is 10.8. The molecule has 1 saturated heterocycles. The molecule has 4 atom stereocenters. The maximum absolute atomic E-state index is 12.7. The van der Waals surface area contributed by atoms with Gasteiger partial charge in [-0.15, -0.1) is 0 Å². The average molecular weight is 403 g/mol. The molecule has 0 unspecified atom stereocenters. The fourth-order valence-electron chi connectivity index (χ4n) is 4.84. The van der Waals surface area contributed by atoms with Gasteiger partial charge in [0.05, 0.1) is 18.8 Å². The number of hydrogen-bond donors (Lipinski definition) is 2. The van der Waals surface area contributed by atoms with E-state index in [0.29, 0.717) is 31.3 Å². The van der Waals surface area contributed by atoms with Crippen LogP contribution in [-0.2, 0) is 16.0 Å². The molecule has 6 heteroatoms. The molecule has 29 heavy (non-hydrogen) atoms. The van der Waals surface area contributed by atoms with Crippen molar-refractivity contribution in [3.8, 4) is 5.75 Å². The number of carbonyl (C=O) groups excluding carboxylic acids is 2. The molecular formula is C23H34N2O4. The SMILES string of the molecule is CCOc1ccc(CCCC(=O)N2C[C@H]3C[C@@H](NC(C)=O)[C@H](O)C[C@H]3C2)cc1C. The summed E-state index contributed by atoms with van der Waals surface area (Å²) >= 11 is 0. The molecule has 0 bridgehead atoms. The lowest BCUT2D eigenvalue weighted by Crippen LogP contribution is -2.48. The van der Waals surface area contributed by atoms with E-state index in [0.717, 1.165) is 43.7 Å². The zero-order valence-electron chi connectivity index (χ0n) is 17.8. The second kappa shape index (κ2) is 9.61. The summed E-state index contributed by atoms with van der Waals surface area (Å²) in [5.74, 6) is 1.73. The highest BCUT2D eigenvalue weighted by Gasteiger charge is 2.42. The van der Waals surface area contributed by atoms with Gasteiger partial charge in [-0.1, -0.05) is 12.1 Å². The van der Waals surface area contributed by atoms with Crippen molar-refractivity contribution < 1.29 is 19.4 Å². The van der Waals surface area contributed by atoms with E-state index in [1.807, 2.05) is 24.8 Å². The number of aliphatic hydroxyl groups is 1. The molecule has 3 rings (SSSR count). The predicted octanol–water partition coefficient (Wildman–Crippen LogP) is 2.45. The Morgan fingerprint density at radius 1 is 1.24 bits per heavy atom. The van der Waals surface area contributed by atoms with Gasteiger partial charge in [-0.2, -0.15) is 0 Å². The van der Waals surface area contributed by atoms with Crippen LogP contribution >= 0.6 is 0 Å². The number of hydrogen-bond acceptors (Lipinski definition) is 4. The van der Waals surface area contributed by atoms with Crippen LogP contribution in [0.5, 0.6) is 5.75 Å². The van der Waals surface area contributed by atoms with Gasteiger partial charge >= 0.3 is 0 Å². The number of amides is 2. The molecule has 2 amide bonds. The summed E-state index contributed by atoms with van der Waals surface area (Å²) in [6.07, 6.45) is 3.14. The molecule has 2 N–H and O–H groups in total. The standard InChI is InChI=1S/C23H34N2O4/c1-4-29-22-9-8-17(10-15(22)2)6-5-7-23(28)25-13-18-11-20(24-16(3)26)21(27)12-19(18)14-25/h8-10,18-21,27H,4-7,11-14H2,1-3H3,(H,24,26)/t18-,19+,20-,21-/m1/s1. The number of nitrogens with one attached hydrogen (secondary N) is 1. The van der Waals surface area contributed by atoms with E-state index < -0.39 is 6.10 Å². The highest BCUT2D eigenvalue weighted by atomic mass is 16.5. The van der Waals surface area contributed by atoms with E-state index in [-0.39, 0.29) is 17.9 Å². The van der Waals surface area contributed by atoms with Gasteiger partial charge in [0, 0.05) is 26.4 Å². The molecule has 160 valence electrons. The number of aryl methyl sites for hydroxylation is 2. The van der Waals surface area contributed by atoms with Crippen molar-refractivity contribution in [1.29, 1.82) is 0 Å². The van der Waals surface area contributed by atoms with E-state index in [4.69, 9.17) is 4.74 Å². The van der Waals surface area contributed by atoms with Gasteiger partial charge in [0.15, 0.2) is 0 Å². The second-order valence-electron chi connectivity index (χ2n) is 8.55. The molecular weight excluding hydrogens is 368 g/mol. The minimum absolute atomic E-state index is 0.108. The summed E-state index contributed by atoms with van der Waals surface area (Å²) in [6.45, 7) is 7.65. The van der Waals surface area contributed by atoms with Crippen molar-refractivity contribution in [2.75, 3.05) is 19.7 Å². The number of rotatable bonds is 7. The number of ether oxygens (including phenoxy) is 1. The lowest BCUT2D eigenvalue weighted by Gasteiger charge is -2.35. The summed E-state index contributed by atoms with van der Waals surface area (Å²) < 4.78 is 5.58. The Kier molecular flexibility index (Phi) is 7.17. The van der Waals surface area contributed by atoms with Gasteiger partial charge < -0.3 is 20.1 Å². The van der Waals surface area contributed by atoms with Gasteiger partial charge in [-0.05, 0) is 68.6 Å². The molecule has 2 fully saturated rings. The van der Waals surface area contributed by atoms with E-state index in [9.17, 15) is 14.7 Å². The third-order valence-corrected chi connectivity index (χ3v) is 6.28. The molecule has 6 nitrogen and oxygen atoms in total. The summed E-state index contributed by atoms with van der Waals surface area (Å²) in [7, 11) is 0. The topological polar surface area (TPSA) is 78.9 Å². The minimum Gasteiger partial charge on any atom is -0.494 e. The van der Waals surface area contributed by atoms with Gasteiger partial charge in [0.2, 0.25) is 11.8 Å². The average Bonchev–Trinajstić information content (AvgIpc) is 3.06. The van der Waals surface area contributed by atoms with E-state index in [2.05, 4.69) is 17.4 Å². The first kappa shape index (κ1) is 21.6. The number of fused-ring (bicyclic) bond motifs is 1. The Hall–Kier alpha value is -2.08. The van der Waals surface area contributed by atoms with Crippen molar-refractivity contribution >= 4 is 11.8 Å². The Labute approximate surface area is 173 Å². The maximum atomic E-state index is 12.7. The Bertz CT molecular complexity index is 736. The van der Waals surface area contributed by atoms with Crippen LogP contribution in [0, 0.1) is 18.8 Å². The van der Waals surface area contributed by atoms with Crippen molar-refractivity contribution in [2.45, 2.75) is 65.0 Å². The molecule has 1 aromatic carbocycles. The van der Waals surface area contributed by atoms with Crippen LogP contribution in [-0.4, -0.2) is 53.7 Å². The van der Waals surface area contributed by atoms with E-state index in [1.54, 1.807) is 0 Å². The van der Waals surface area contributed by atoms with Crippen LogP contribution in [0.2, 0.25) is 0 Å². The highest BCUT2D eigenvalue weighted by Crippen LogP contribution is 2.37. The molecule has 1 heterocycles. The van der Waals surface area contributed by atoms with E-state index in [1.165, 1.54) is 12.5 Å². The van der Waals surface area contributed by atoms with Crippen LogP contribution in [0.15, 0.2) is 18.2 Å². The van der Waals surface area contributed by atoms with E-state index >= 15 is 0 Å². The van der Waals surface area contributed by atoms with Crippen molar-refractivity contribution in [1.82, 2.24) is 10.2 Å². The fraction of sp³-hybridized carbons (Fsp3) is 0.652. The summed E-state index contributed by atoms with van der Waals surface area (Å²) in [6, 6.07) is 6.05. The van der Waals surface area contributed by atoms with Crippen molar-refractivity contribution in [3.05, 3.63) is 29.3 Å². The van der Waals surface area contributed by atoms with Gasteiger partial charge in [0.1, 0.15) is 5.75 Å². The zero-order chi connectivity index (χ0) is 21.0. The smallest absolute Gasteiger partial charge is 0.222 e. The molecule has 2 aliphatic rings. The third-order valence-electron chi connectivity index (χ3n) is 6.28. The monoisotopic (exact) mass is 402 g/mol. The summed E-state index contributed by atoms with van der Waals surface area (Å²) in [4.78, 5) is 26.0. The first-order chi connectivity index (χ1) is 13.9. The molecule has 0 spiro atoms. The Morgan fingerprint density at radius 3 is 2.62 bits per heavy atom. The lowest BCUT2D eigenvalue weighted by molar-refractivity contribution is -0.130. The quantitative estimate of drug-likeness (QED) is 0.734. The maximum Gasteiger partial charge on any atom is 0.222 e. The number of benzene rings is 1. The predicted molar refractivity (Wildman–Crippen MR) is 112 cm³/mol. The number of likely N-dealkylation sites (tertiary alicyclic amines) is 1. The van der Waals surface area contributed by atoms with Crippen LogP contribution in [0.3, 0.4) is 0 Å². The normalized spacial score (nSPS) is 26.1. The lowest BCUT2D eigenvalue weighted by atomic mass is 9.77. The fourth-order valence-corrected chi connectivity index (χ4v) is 4.84. The molecule has 0 aromatic heterocycles. The third kappa shape index (κ3) is 5.50. The molecule has 0 radical (unpaired) electrons. The molecule has 1 aliphatic heterocycles. The number of aliphatic hydroxyl groups excluding tert-OH is 1. The van der Waals surface area contributed by atoms with Crippen LogP contribution < -0.4 is 10.1 Å². The van der Waals surface area contributed by atoms with Crippen LogP contribution in [0.25, 0.3) is 0 Å². The summed E-state index contributed by atoms with van der Waals surface area (Å²) in [5.41, 5.74) is 2.36. The van der Waals surface area contributed by atoms with Crippen LogP contribution in [0.4, 0.5) is 0 Å². The van der Waals surface area contributed by atoms with Gasteiger partial charge in [-0.3, -0.25) is 9.59 Å².